The Morgan fingerprint density at radius 3 is 2.25 bits per heavy atom. The van der Waals surface area contributed by atoms with Crippen molar-refractivity contribution < 1.29 is 9.53 Å². The third-order valence-electron chi connectivity index (χ3n) is 13.4. The van der Waals surface area contributed by atoms with Crippen molar-refractivity contribution in [3.63, 3.8) is 0 Å². The fraction of sp³-hybridized carbons (Fsp3) is 0.750. The van der Waals surface area contributed by atoms with Gasteiger partial charge in [0.25, 0.3) is 0 Å². The van der Waals surface area contributed by atoms with Crippen LogP contribution in [-0.2, 0) is 4.74 Å². The number of anilines is 2. The quantitative estimate of drug-likeness (QED) is 0.202. The maximum Gasteiger partial charge on any atom is 0.338 e. The van der Waals surface area contributed by atoms with E-state index in [1.807, 2.05) is 0 Å². The van der Waals surface area contributed by atoms with Gasteiger partial charge in [0, 0.05) is 17.8 Å². The van der Waals surface area contributed by atoms with E-state index in [2.05, 4.69) is 54.5 Å². The number of allylic oxidation sites excluding steroid dienone is 1. The van der Waals surface area contributed by atoms with E-state index < -0.39 is 0 Å². The molecule has 4 heteroatoms. The molecule has 0 spiro atoms. The largest absolute Gasteiger partial charge is 0.458 e. The van der Waals surface area contributed by atoms with Gasteiger partial charge in [0.05, 0.1) is 5.56 Å². The van der Waals surface area contributed by atoms with E-state index >= 15 is 0 Å². The molecule has 40 heavy (non-hydrogen) atoms. The fourth-order valence-corrected chi connectivity index (χ4v) is 10.6. The zero-order valence-electron chi connectivity index (χ0n) is 26.4. The molecular weight excluding hydrogens is 492 g/mol. The lowest BCUT2D eigenvalue weighted by molar-refractivity contribution is -0.164. The zero-order valence-corrected chi connectivity index (χ0v) is 26.4. The molecule has 2 unspecified atom stereocenters. The lowest BCUT2D eigenvalue weighted by atomic mass is 9.36. The van der Waals surface area contributed by atoms with E-state index in [1.165, 1.54) is 56.9 Å². The third kappa shape index (κ3) is 4.60. The highest BCUT2D eigenvalue weighted by molar-refractivity contribution is 5.91. The minimum atomic E-state index is -0.312. The van der Waals surface area contributed by atoms with Gasteiger partial charge < -0.3 is 16.2 Å². The van der Waals surface area contributed by atoms with Crippen molar-refractivity contribution in [3.8, 4) is 0 Å². The number of nitrogen functional groups attached to an aromatic ring is 2. The van der Waals surface area contributed by atoms with E-state index in [9.17, 15) is 4.79 Å². The van der Waals surface area contributed by atoms with Crippen LogP contribution in [0.3, 0.4) is 0 Å². The normalized spacial score (nSPS) is 39.6. The Hall–Kier alpha value is -1.97. The monoisotopic (exact) mass is 548 g/mol. The summed E-state index contributed by atoms with van der Waals surface area (Å²) in [4.78, 5) is 13.0. The Kier molecular flexibility index (Phi) is 7.67. The number of benzene rings is 1. The first-order valence-electron chi connectivity index (χ1n) is 16.3. The van der Waals surface area contributed by atoms with Gasteiger partial charge in [-0.2, -0.15) is 0 Å². The number of hydrogen-bond acceptors (Lipinski definition) is 4. The van der Waals surface area contributed by atoms with E-state index in [0.717, 1.165) is 42.9 Å². The maximum absolute atomic E-state index is 13.0. The lowest BCUT2D eigenvalue weighted by Crippen LogP contribution is -2.61. The predicted octanol–water partition coefficient (Wildman–Crippen LogP) is 9.20. The van der Waals surface area contributed by atoms with Crippen molar-refractivity contribution in [2.45, 2.75) is 125 Å². The first-order chi connectivity index (χ1) is 18.7. The summed E-state index contributed by atoms with van der Waals surface area (Å²) in [6.45, 7) is 17.8. The van der Waals surface area contributed by atoms with Gasteiger partial charge in [-0.15, -0.1) is 0 Å². The van der Waals surface area contributed by atoms with E-state index in [-0.39, 0.29) is 17.5 Å². The maximum atomic E-state index is 13.0. The van der Waals surface area contributed by atoms with Gasteiger partial charge in [-0.3, -0.25) is 0 Å². The van der Waals surface area contributed by atoms with Crippen molar-refractivity contribution in [1.29, 1.82) is 0 Å². The van der Waals surface area contributed by atoms with Crippen LogP contribution in [0, 0.1) is 45.3 Å². The summed E-state index contributed by atoms with van der Waals surface area (Å²) < 4.78 is 6.05. The first-order valence-corrected chi connectivity index (χ1v) is 16.3. The fourth-order valence-electron chi connectivity index (χ4n) is 10.6. The predicted molar refractivity (Wildman–Crippen MR) is 167 cm³/mol. The van der Waals surface area contributed by atoms with Crippen LogP contribution in [0.1, 0.15) is 129 Å². The molecule has 1 aromatic rings. The number of ether oxygens (including phenoxy) is 1. The molecule has 0 amide bonds. The van der Waals surface area contributed by atoms with Crippen molar-refractivity contribution >= 4 is 17.3 Å². The summed E-state index contributed by atoms with van der Waals surface area (Å²) in [7, 11) is 0. The number of esters is 1. The highest BCUT2D eigenvalue weighted by Gasteiger charge is 2.68. The number of nitrogens with two attached hydrogens (primary N) is 2. The summed E-state index contributed by atoms with van der Waals surface area (Å²) in [5, 5.41) is 0. The topological polar surface area (TPSA) is 78.3 Å². The number of fused-ring (bicyclic) bond motifs is 5. The molecule has 0 bridgehead atoms. The van der Waals surface area contributed by atoms with Crippen molar-refractivity contribution in [2.24, 2.45) is 45.3 Å². The summed E-state index contributed by atoms with van der Waals surface area (Å²) in [6.07, 6.45) is 16.1. The molecule has 5 rings (SSSR count). The second-order valence-corrected chi connectivity index (χ2v) is 15.7. The number of carbonyl (C=O) groups excluding carboxylic acids is 1. The SMILES string of the molecule is CC(C)CCCC(C)[C@H]1CC[C@@]2(C)C3CC=C4C[C@@H](OC(=O)c5cc(N)cc(N)c5)CC[C@]4(C)[C@@]3(C)CC[C@]12C. The van der Waals surface area contributed by atoms with Gasteiger partial charge >= 0.3 is 5.97 Å². The zero-order chi connectivity index (χ0) is 29.1. The van der Waals surface area contributed by atoms with Gasteiger partial charge in [0.15, 0.2) is 0 Å². The summed E-state index contributed by atoms with van der Waals surface area (Å²) in [5.74, 6) is 2.89. The Morgan fingerprint density at radius 1 is 0.900 bits per heavy atom. The molecule has 3 saturated carbocycles. The molecule has 4 aliphatic rings. The second-order valence-electron chi connectivity index (χ2n) is 15.7. The van der Waals surface area contributed by atoms with Crippen molar-refractivity contribution in [2.75, 3.05) is 11.5 Å². The molecule has 8 atom stereocenters. The molecule has 222 valence electrons. The van der Waals surface area contributed by atoms with Crippen LogP contribution in [0.15, 0.2) is 29.8 Å². The van der Waals surface area contributed by atoms with E-state index in [1.54, 1.807) is 18.2 Å². The smallest absolute Gasteiger partial charge is 0.338 e. The average Bonchev–Trinajstić information content (AvgIpc) is 3.15. The van der Waals surface area contributed by atoms with E-state index in [4.69, 9.17) is 16.2 Å². The van der Waals surface area contributed by atoms with Crippen LogP contribution in [0.2, 0.25) is 0 Å². The highest BCUT2D eigenvalue weighted by Crippen LogP contribution is 2.76. The van der Waals surface area contributed by atoms with Gasteiger partial charge in [0.2, 0.25) is 0 Å². The number of carbonyl (C=O) groups is 1. The minimum Gasteiger partial charge on any atom is -0.458 e. The molecule has 0 heterocycles. The van der Waals surface area contributed by atoms with Gasteiger partial charge in [0.1, 0.15) is 6.10 Å². The van der Waals surface area contributed by atoms with Crippen molar-refractivity contribution in [3.05, 3.63) is 35.4 Å². The first kappa shape index (κ1) is 29.5. The van der Waals surface area contributed by atoms with Crippen LogP contribution in [-0.4, -0.2) is 12.1 Å². The summed E-state index contributed by atoms with van der Waals surface area (Å²) in [6, 6.07) is 5.00. The Bertz CT molecular complexity index is 1140. The number of hydrogen-bond donors (Lipinski definition) is 2. The average molecular weight is 549 g/mol. The van der Waals surface area contributed by atoms with Crippen LogP contribution in [0.25, 0.3) is 0 Å². The third-order valence-corrected chi connectivity index (χ3v) is 13.4. The molecule has 3 fully saturated rings. The molecule has 0 aromatic heterocycles. The molecular formula is C36H56N2O2. The molecule has 0 aliphatic heterocycles. The van der Waals surface area contributed by atoms with Gasteiger partial charge in [-0.05, 0) is 108 Å². The van der Waals surface area contributed by atoms with Crippen LogP contribution in [0.4, 0.5) is 11.4 Å². The molecule has 0 radical (unpaired) electrons. The van der Waals surface area contributed by atoms with Gasteiger partial charge in [-0.1, -0.05) is 79.4 Å². The summed E-state index contributed by atoms with van der Waals surface area (Å²) >= 11 is 0. The number of rotatable bonds is 7. The second kappa shape index (κ2) is 10.4. The van der Waals surface area contributed by atoms with Crippen LogP contribution < -0.4 is 11.5 Å². The molecule has 4 aliphatic carbocycles. The lowest BCUT2D eigenvalue weighted by Gasteiger charge is -2.68. The van der Waals surface area contributed by atoms with Crippen molar-refractivity contribution in [1.82, 2.24) is 0 Å². The van der Waals surface area contributed by atoms with E-state index in [0.29, 0.717) is 33.2 Å². The Morgan fingerprint density at radius 2 is 1.57 bits per heavy atom. The minimum absolute atomic E-state index is 0.0818. The summed E-state index contributed by atoms with van der Waals surface area (Å²) in [5.41, 5.74) is 16.1. The molecule has 4 nitrogen and oxygen atoms in total. The Labute approximate surface area is 244 Å². The molecule has 4 N–H and O–H groups in total. The van der Waals surface area contributed by atoms with Gasteiger partial charge in [-0.25, -0.2) is 4.79 Å². The van der Waals surface area contributed by atoms with Crippen LogP contribution in [0.5, 0.6) is 0 Å². The molecule has 0 saturated heterocycles. The standard InChI is InChI=1S/C36H56N2O2/c1-23(2)9-8-10-24(3)30-14-16-35(6)31-12-11-26-21-29(40-32(39)25-19-27(37)22-28(38)20-25)13-15-33(26,4)36(31,7)18-17-34(30,35)5/h11,19-20,22-24,29-31H,8-10,12-18,21,37-38H2,1-7H3/t24?,29-,30+,31?,33-,34+,35-,36-/m0/s1. The van der Waals surface area contributed by atoms with Crippen LogP contribution >= 0.6 is 0 Å². The Balaban J connectivity index is 1.33. The molecule has 1 aromatic carbocycles. The highest BCUT2D eigenvalue weighted by atomic mass is 16.5.